The highest BCUT2D eigenvalue weighted by Crippen LogP contribution is 2.41. The van der Waals surface area contributed by atoms with Gasteiger partial charge in [0.15, 0.2) is 0 Å². The van der Waals surface area contributed by atoms with E-state index in [2.05, 4.69) is 15.3 Å². The molecule has 2 aromatic heterocycles. The molecule has 1 aromatic carbocycles. The predicted molar refractivity (Wildman–Crippen MR) is 115 cm³/mol. The van der Waals surface area contributed by atoms with E-state index in [0.29, 0.717) is 28.9 Å². The number of rotatable bonds is 0. The van der Waals surface area contributed by atoms with Crippen LogP contribution in [0.5, 0.6) is 5.75 Å². The Morgan fingerprint density at radius 1 is 1.13 bits per heavy atom. The van der Waals surface area contributed by atoms with Crippen LogP contribution < -0.4 is 11.1 Å². The minimum absolute atomic E-state index is 0.00428. The summed E-state index contributed by atoms with van der Waals surface area (Å²) in [6.07, 6.45) is 6.41. The molecule has 0 radical (unpaired) electrons. The van der Waals surface area contributed by atoms with Crippen LogP contribution in [-0.4, -0.2) is 27.0 Å². The number of hydrogen-bond acceptors (Lipinski definition) is 5. The van der Waals surface area contributed by atoms with E-state index < -0.39 is 5.82 Å². The second-order valence-corrected chi connectivity index (χ2v) is 8.52. The zero-order valence-corrected chi connectivity index (χ0v) is 16.9. The third kappa shape index (κ3) is 3.77. The Hall–Kier alpha value is -3.32. The summed E-state index contributed by atoms with van der Waals surface area (Å²) in [7, 11) is 0. The number of amides is 1. The first-order valence-electron chi connectivity index (χ1n) is 10.5. The molecule has 3 aromatic rings. The molecule has 158 valence electrons. The van der Waals surface area contributed by atoms with E-state index in [0.717, 1.165) is 30.9 Å². The topological polar surface area (TPSA) is 101 Å². The molecule has 3 heterocycles. The normalized spacial score (nSPS) is 22.8. The average molecular weight is 418 g/mol. The van der Waals surface area contributed by atoms with Gasteiger partial charge in [-0.05, 0) is 72.9 Å². The van der Waals surface area contributed by atoms with E-state index in [1.54, 1.807) is 36.7 Å². The predicted octanol–water partition coefficient (Wildman–Crippen LogP) is 4.01. The van der Waals surface area contributed by atoms with E-state index in [-0.39, 0.29) is 35.2 Å². The smallest absolute Gasteiger partial charge is 0.274 e. The number of hydrogen-bond donors (Lipinski definition) is 3. The minimum Gasteiger partial charge on any atom is -0.508 e. The van der Waals surface area contributed by atoms with Gasteiger partial charge in [-0.3, -0.25) is 9.78 Å². The number of phenolic OH excluding ortho intramolecular Hbond substituents is 1. The number of benzene rings is 1. The second kappa shape index (κ2) is 7.74. The van der Waals surface area contributed by atoms with Gasteiger partial charge in [-0.15, -0.1) is 0 Å². The molecular weight excluding hydrogens is 395 g/mol. The van der Waals surface area contributed by atoms with Crippen molar-refractivity contribution in [3.05, 3.63) is 71.4 Å². The van der Waals surface area contributed by atoms with E-state index in [1.165, 1.54) is 0 Å². The largest absolute Gasteiger partial charge is 0.508 e. The van der Waals surface area contributed by atoms with Crippen molar-refractivity contribution >= 4 is 11.6 Å². The van der Waals surface area contributed by atoms with Crippen molar-refractivity contribution in [3.63, 3.8) is 0 Å². The molecule has 1 aliphatic carbocycles. The van der Waals surface area contributed by atoms with E-state index >= 15 is 4.39 Å². The van der Waals surface area contributed by atoms with Crippen molar-refractivity contribution in [2.75, 3.05) is 5.32 Å². The van der Waals surface area contributed by atoms with Crippen LogP contribution in [0.1, 0.15) is 46.8 Å². The average Bonchev–Trinajstić information content (AvgIpc) is 2.73. The summed E-state index contributed by atoms with van der Waals surface area (Å²) in [5.74, 6) is -0.710. The first kappa shape index (κ1) is 19.6. The summed E-state index contributed by atoms with van der Waals surface area (Å²) in [6, 6.07) is 9.57. The minimum atomic E-state index is -0.556. The first-order chi connectivity index (χ1) is 15.0. The van der Waals surface area contributed by atoms with Gasteiger partial charge in [0, 0.05) is 23.9 Å². The molecule has 4 N–H and O–H groups in total. The number of carbonyl (C=O) groups excluding carboxylic acids is 1. The Bertz CT molecular complexity index is 1170. The van der Waals surface area contributed by atoms with E-state index in [9.17, 15) is 9.90 Å². The third-order valence-electron chi connectivity index (χ3n) is 6.29. The van der Waals surface area contributed by atoms with Gasteiger partial charge in [-0.1, -0.05) is 6.07 Å². The van der Waals surface area contributed by atoms with Gasteiger partial charge < -0.3 is 16.2 Å². The molecule has 5 rings (SSSR count). The Morgan fingerprint density at radius 3 is 2.84 bits per heavy atom. The summed E-state index contributed by atoms with van der Waals surface area (Å²) < 4.78 is 15.0. The highest BCUT2D eigenvalue weighted by atomic mass is 19.1. The molecule has 2 aliphatic rings. The van der Waals surface area contributed by atoms with Crippen LogP contribution in [0, 0.1) is 11.7 Å². The lowest BCUT2D eigenvalue weighted by molar-refractivity contribution is 0.102. The molecule has 31 heavy (non-hydrogen) atoms. The van der Waals surface area contributed by atoms with Crippen molar-refractivity contribution in [1.29, 1.82) is 0 Å². The monoisotopic (exact) mass is 418 g/mol. The number of nitrogens with one attached hydrogen (secondary N) is 1. The van der Waals surface area contributed by atoms with Crippen LogP contribution in [0.15, 0.2) is 48.8 Å². The number of carbonyl (C=O) groups is 1. The van der Waals surface area contributed by atoms with Crippen LogP contribution >= 0.6 is 0 Å². The Balaban J connectivity index is 1.70. The van der Waals surface area contributed by atoms with Crippen LogP contribution in [0.25, 0.3) is 11.3 Å². The second-order valence-electron chi connectivity index (χ2n) is 8.52. The SMILES string of the molecule is NC1CC2Cc3cc(O)cc(F)c3-c3cccc(n3)C(=O)Nc3cnccc3C(C1)C2. The number of aromatic nitrogens is 2. The molecule has 0 spiro atoms. The maximum atomic E-state index is 15.0. The van der Waals surface area contributed by atoms with Crippen molar-refractivity contribution in [3.8, 4) is 17.0 Å². The molecule has 3 unspecified atom stereocenters. The Labute approximate surface area is 179 Å². The fraction of sp³-hybridized carbons (Fsp3) is 0.292. The summed E-state index contributed by atoms with van der Waals surface area (Å²) in [5.41, 5.74) is 9.61. The lowest BCUT2D eigenvalue weighted by Gasteiger charge is -2.34. The lowest BCUT2D eigenvalue weighted by atomic mass is 9.73. The van der Waals surface area contributed by atoms with Crippen LogP contribution in [0.3, 0.4) is 0 Å². The summed E-state index contributed by atoms with van der Waals surface area (Å²) in [6.45, 7) is 0. The molecular formula is C24H23FN4O2. The highest BCUT2D eigenvalue weighted by molar-refractivity contribution is 6.03. The lowest BCUT2D eigenvalue weighted by Crippen LogP contribution is -2.33. The van der Waals surface area contributed by atoms with Crippen molar-refractivity contribution in [2.45, 2.75) is 37.6 Å². The van der Waals surface area contributed by atoms with Gasteiger partial charge in [-0.2, -0.15) is 0 Å². The standard InChI is InChI=1S/C24H23FN4O2/c25-19-11-17(30)10-15-7-13-6-14(9-16(26)8-13)18-4-5-27-12-22(18)29-24(31)21-3-1-2-20(28-21)23(15)19/h1-5,10-14,16,30H,6-9,26H2,(H,29,31). The summed E-state index contributed by atoms with van der Waals surface area (Å²) in [5, 5.41) is 13.0. The maximum Gasteiger partial charge on any atom is 0.274 e. The molecule has 0 saturated heterocycles. The highest BCUT2D eigenvalue weighted by Gasteiger charge is 2.31. The van der Waals surface area contributed by atoms with Crippen molar-refractivity contribution in [2.24, 2.45) is 11.7 Å². The molecule has 7 heteroatoms. The molecule has 6 nitrogen and oxygen atoms in total. The van der Waals surface area contributed by atoms with Gasteiger partial charge in [0.2, 0.25) is 0 Å². The third-order valence-corrected chi connectivity index (χ3v) is 6.29. The number of aromatic hydroxyl groups is 1. The zero-order chi connectivity index (χ0) is 21.5. The number of phenols is 1. The van der Waals surface area contributed by atoms with Crippen LogP contribution in [0.2, 0.25) is 0 Å². The first-order valence-corrected chi connectivity index (χ1v) is 10.5. The number of halogens is 1. The Kier molecular flexibility index (Phi) is 4.90. The van der Waals surface area contributed by atoms with Gasteiger partial charge >= 0.3 is 0 Å². The molecule has 4 bridgehead atoms. The molecule has 1 fully saturated rings. The number of nitrogens with zero attached hydrogens (tertiary/aromatic N) is 2. The quantitative estimate of drug-likeness (QED) is 0.512. The maximum absolute atomic E-state index is 15.0. The van der Waals surface area contributed by atoms with Gasteiger partial charge in [0.25, 0.3) is 5.91 Å². The molecule has 3 atom stereocenters. The van der Waals surface area contributed by atoms with E-state index in [4.69, 9.17) is 5.73 Å². The summed E-state index contributed by atoms with van der Waals surface area (Å²) in [4.78, 5) is 21.6. The number of nitrogens with two attached hydrogens (primary N) is 1. The number of anilines is 1. The van der Waals surface area contributed by atoms with Gasteiger partial charge in [0.05, 0.1) is 17.6 Å². The van der Waals surface area contributed by atoms with Gasteiger partial charge in [0.1, 0.15) is 17.3 Å². The van der Waals surface area contributed by atoms with Crippen LogP contribution in [-0.2, 0) is 6.42 Å². The molecule has 1 saturated carbocycles. The fourth-order valence-corrected chi connectivity index (χ4v) is 5.06. The Morgan fingerprint density at radius 2 is 1.97 bits per heavy atom. The van der Waals surface area contributed by atoms with E-state index in [1.807, 2.05) is 6.07 Å². The zero-order valence-electron chi connectivity index (χ0n) is 16.9. The van der Waals surface area contributed by atoms with Crippen molar-refractivity contribution < 1.29 is 14.3 Å². The summed E-state index contributed by atoms with van der Waals surface area (Å²) >= 11 is 0. The fourth-order valence-electron chi connectivity index (χ4n) is 5.06. The van der Waals surface area contributed by atoms with Crippen LogP contribution in [0.4, 0.5) is 10.1 Å². The number of pyridine rings is 2. The molecule has 1 aliphatic heterocycles. The van der Waals surface area contributed by atoms with Gasteiger partial charge in [-0.25, -0.2) is 9.37 Å². The molecule has 1 amide bonds. The van der Waals surface area contributed by atoms with Crippen molar-refractivity contribution in [1.82, 2.24) is 9.97 Å². The number of fused-ring (bicyclic) bond motifs is 8.